The molecule has 1 N–H and O–H groups in total. The van der Waals surface area contributed by atoms with Gasteiger partial charge >= 0.3 is 0 Å². The minimum atomic E-state index is -0.0871. The second kappa shape index (κ2) is 5.28. The highest BCUT2D eigenvalue weighted by molar-refractivity contribution is 9.10. The summed E-state index contributed by atoms with van der Waals surface area (Å²) in [6.45, 7) is 2.29. The van der Waals surface area contributed by atoms with E-state index in [1.165, 1.54) is 4.90 Å². The molecule has 0 bridgehead atoms. The van der Waals surface area contributed by atoms with Crippen LogP contribution in [0.5, 0.6) is 0 Å². The van der Waals surface area contributed by atoms with E-state index in [-0.39, 0.29) is 12.5 Å². The van der Waals surface area contributed by atoms with Crippen LogP contribution in [0.25, 0.3) is 0 Å². The molecular weight excluding hydrogens is 258 g/mol. The third-order valence-electron chi connectivity index (χ3n) is 2.14. The van der Waals surface area contributed by atoms with Crippen molar-refractivity contribution >= 4 is 21.8 Å². The number of amides is 1. The number of rotatable bonds is 3. The molecule has 0 aliphatic carbocycles. The van der Waals surface area contributed by atoms with Gasteiger partial charge in [0.05, 0.1) is 12.2 Å². The van der Waals surface area contributed by atoms with Crippen molar-refractivity contribution in [3.8, 4) is 0 Å². The number of halogens is 1. The second-order valence-corrected chi connectivity index (χ2v) is 4.29. The summed E-state index contributed by atoms with van der Waals surface area (Å²) in [6, 6.07) is 5.58. The molecule has 0 unspecified atom stereocenters. The van der Waals surface area contributed by atoms with Crippen molar-refractivity contribution in [2.75, 3.05) is 20.2 Å². The van der Waals surface area contributed by atoms with Crippen molar-refractivity contribution in [2.45, 2.75) is 6.92 Å². The molecule has 0 heterocycles. The number of hydrogen-bond donors (Lipinski definition) is 1. The normalized spacial score (nSPS) is 10.1. The zero-order valence-corrected chi connectivity index (χ0v) is 10.4. The summed E-state index contributed by atoms with van der Waals surface area (Å²) < 4.78 is 0.789. The summed E-state index contributed by atoms with van der Waals surface area (Å²) in [5, 5.41) is 8.74. The Morgan fingerprint density at radius 2 is 2.20 bits per heavy atom. The standard InChI is InChI=1S/C11H14BrNO2/c1-8-3-4-9(10(12)7-8)11(15)13(2)5-6-14/h3-4,7,14H,5-6H2,1-2H3. The molecule has 0 radical (unpaired) electrons. The number of likely N-dealkylation sites (N-methyl/N-ethyl adjacent to an activating group) is 1. The van der Waals surface area contributed by atoms with E-state index < -0.39 is 0 Å². The fourth-order valence-corrected chi connectivity index (χ4v) is 1.91. The highest BCUT2D eigenvalue weighted by Gasteiger charge is 2.13. The number of carbonyl (C=O) groups excluding carboxylic acids is 1. The first-order valence-electron chi connectivity index (χ1n) is 4.68. The zero-order chi connectivity index (χ0) is 11.4. The van der Waals surface area contributed by atoms with Gasteiger partial charge in [-0.15, -0.1) is 0 Å². The Morgan fingerprint density at radius 3 is 2.73 bits per heavy atom. The minimum absolute atomic E-state index is 0.0221. The fourth-order valence-electron chi connectivity index (χ4n) is 1.25. The molecule has 3 nitrogen and oxygen atoms in total. The smallest absolute Gasteiger partial charge is 0.254 e. The van der Waals surface area contributed by atoms with Gasteiger partial charge in [0, 0.05) is 18.1 Å². The number of carbonyl (C=O) groups is 1. The Hall–Kier alpha value is -0.870. The monoisotopic (exact) mass is 271 g/mol. The van der Waals surface area contributed by atoms with Crippen molar-refractivity contribution in [1.82, 2.24) is 4.90 Å². The van der Waals surface area contributed by atoms with Crippen molar-refractivity contribution in [3.63, 3.8) is 0 Å². The molecule has 1 aromatic carbocycles. The predicted molar refractivity (Wildman–Crippen MR) is 62.9 cm³/mol. The van der Waals surface area contributed by atoms with Crippen LogP contribution in [0.3, 0.4) is 0 Å². The molecule has 0 saturated carbocycles. The lowest BCUT2D eigenvalue weighted by Gasteiger charge is -2.16. The predicted octanol–water partition coefficient (Wildman–Crippen LogP) is 1.82. The molecule has 0 aromatic heterocycles. The van der Waals surface area contributed by atoms with Gasteiger partial charge in [-0.2, -0.15) is 0 Å². The average Bonchev–Trinajstić information content (AvgIpc) is 2.17. The van der Waals surface area contributed by atoms with Crippen LogP contribution in [0, 0.1) is 6.92 Å². The van der Waals surface area contributed by atoms with Gasteiger partial charge in [-0.1, -0.05) is 6.07 Å². The molecule has 0 spiro atoms. The van der Waals surface area contributed by atoms with E-state index >= 15 is 0 Å². The lowest BCUT2D eigenvalue weighted by molar-refractivity contribution is 0.0766. The van der Waals surface area contributed by atoms with Gasteiger partial charge in [-0.25, -0.2) is 0 Å². The molecule has 0 fully saturated rings. The fraction of sp³-hybridized carbons (Fsp3) is 0.364. The summed E-state index contributed by atoms with van der Waals surface area (Å²) in [5.41, 5.74) is 1.72. The quantitative estimate of drug-likeness (QED) is 0.911. The van der Waals surface area contributed by atoms with Gasteiger partial charge in [0.15, 0.2) is 0 Å². The molecule has 4 heteroatoms. The molecule has 82 valence electrons. The van der Waals surface area contributed by atoms with E-state index in [4.69, 9.17) is 5.11 Å². The molecule has 15 heavy (non-hydrogen) atoms. The van der Waals surface area contributed by atoms with Crippen molar-refractivity contribution in [3.05, 3.63) is 33.8 Å². The van der Waals surface area contributed by atoms with Crippen LogP contribution in [-0.4, -0.2) is 36.1 Å². The topological polar surface area (TPSA) is 40.5 Å². The molecule has 0 atom stereocenters. The molecule has 1 amide bonds. The number of aliphatic hydroxyl groups is 1. The van der Waals surface area contributed by atoms with Crippen molar-refractivity contribution < 1.29 is 9.90 Å². The Labute approximate surface area is 97.8 Å². The van der Waals surface area contributed by atoms with Crippen LogP contribution in [0.2, 0.25) is 0 Å². The number of benzene rings is 1. The Balaban J connectivity index is 2.91. The Morgan fingerprint density at radius 1 is 1.53 bits per heavy atom. The van der Waals surface area contributed by atoms with E-state index in [1.54, 1.807) is 13.1 Å². The van der Waals surface area contributed by atoms with Gasteiger partial charge in [-0.3, -0.25) is 4.79 Å². The van der Waals surface area contributed by atoms with Gasteiger partial charge in [0.25, 0.3) is 5.91 Å². The first kappa shape index (κ1) is 12.2. The summed E-state index contributed by atoms with van der Waals surface area (Å²) in [5.74, 6) is -0.0871. The van der Waals surface area contributed by atoms with Crippen LogP contribution in [0.4, 0.5) is 0 Å². The van der Waals surface area contributed by atoms with E-state index in [0.717, 1.165) is 10.0 Å². The SMILES string of the molecule is Cc1ccc(C(=O)N(C)CCO)c(Br)c1. The third-order valence-corrected chi connectivity index (χ3v) is 2.79. The minimum Gasteiger partial charge on any atom is -0.395 e. The van der Waals surface area contributed by atoms with Crippen LogP contribution < -0.4 is 0 Å². The van der Waals surface area contributed by atoms with Crippen LogP contribution in [-0.2, 0) is 0 Å². The molecule has 1 rings (SSSR count). The Bertz CT molecular complexity index is 366. The average molecular weight is 272 g/mol. The van der Waals surface area contributed by atoms with Crippen molar-refractivity contribution in [1.29, 1.82) is 0 Å². The third kappa shape index (κ3) is 3.04. The number of hydrogen-bond acceptors (Lipinski definition) is 2. The summed E-state index contributed by atoms with van der Waals surface area (Å²) >= 11 is 3.36. The summed E-state index contributed by atoms with van der Waals surface area (Å²) in [7, 11) is 1.67. The first-order chi connectivity index (χ1) is 7.06. The van der Waals surface area contributed by atoms with Crippen LogP contribution in [0.1, 0.15) is 15.9 Å². The largest absolute Gasteiger partial charge is 0.395 e. The van der Waals surface area contributed by atoms with E-state index in [9.17, 15) is 4.79 Å². The highest BCUT2D eigenvalue weighted by atomic mass is 79.9. The van der Waals surface area contributed by atoms with E-state index in [0.29, 0.717) is 12.1 Å². The maximum absolute atomic E-state index is 11.9. The lowest BCUT2D eigenvalue weighted by atomic mass is 10.1. The van der Waals surface area contributed by atoms with E-state index in [2.05, 4.69) is 15.9 Å². The lowest BCUT2D eigenvalue weighted by Crippen LogP contribution is -2.29. The molecule has 0 aliphatic heterocycles. The Kier molecular flexibility index (Phi) is 4.29. The molecular formula is C11H14BrNO2. The summed E-state index contributed by atoms with van der Waals surface area (Å²) in [4.78, 5) is 13.3. The highest BCUT2D eigenvalue weighted by Crippen LogP contribution is 2.19. The molecule has 1 aromatic rings. The first-order valence-corrected chi connectivity index (χ1v) is 5.48. The van der Waals surface area contributed by atoms with Gasteiger partial charge in [-0.05, 0) is 40.5 Å². The zero-order valence-electron chi connectivity index (χ0n) is 8.83. The number of aliphatic hydroxyl groups excluding tert-OH is 1. The second-order valence-electron chi connectivity index (χ2n) is 3.43. The summed E-state index contributed by atoms with van der Waals surface area (Å²) in [6.07, 6.45) is 0. The number of aryl methyl sites for hydroxylation is 1. The number of nitrogens with zero attached hydrogens (tertiary/aromatic N) is 1. The van der Waals surface area contributed by atoms with Crippen molar-refractivity contribution in [2.24, 2.45) is 0 Å². The molecule has 0 saturated heterocycles. The van der Waals surface area contributed by atoms with Gasteiger partial charge < -0.3 is 10.0 Å². The van der Waals surface area contributed by atoms with E-state index in [1.807, 2.05) is 19.1 Å². The van der Waals surface area contributed by atoms with Gasteiger partial charge in [0.1, 0.15) is 0 Å². The maximum Gasteiger partial charge on any atom is 0.254 e. The molecule has 0 aliphatic rings. The van der Waals surface area contributed by atoms with Crippen LogP contribution >= 0.6 is 15.9 Å². The van der Waals surface area contributed by atoms with Crippen LogP contribution in [0.15, 0.2) is 22.7 Å². The maximum atomic E-state index is 11.9. The van der Waals surface area contributed by atoms with Gasteiger partial charge in [0.2, 0.25) is 0 Å².